The Morgan fingerprint density at radius 3 is 2.74 bits per heavy atom. The van der Waals surface area contributed by atoms with E-state index < -0.39 is 0 Å². The van der Waals surface area contributed by atoms with E-state index in [9.17, 15) is 4.79 Å². The molecule has 0 saturated carbocycles. The smallest absolute Gasteiger partial charge is 0.182 e. The van der Waals surface area contributed by atoms with Crippen molar-refractivity contribution in [3.8, 4) is 0 Å². The molecule has 1 fully saturated rings. The number of carbonyl (C=O) groups excluding carboxylic acids is 1. The van der Waals surface area contributed by atoms with Gasteiger partial charge in [-0.25, -0.2) is 0 Å². The van der Waals surface area contributed by atoms with Crippen LogP contribution in [0.4, 0.5) is 0 Å². The number of H-pyrrole nitrogens is 1. The highest BCUT2D eigenvalue weighted by molar-refractivity contribution is 5.97. The molecule has 1 atom stereocenters. The molecule has 19 heavy (non-hydrogen) atoms. The van der Waals surface area contributed by atoms with Gasteiger partial charge in [-0.2, -0.15) is 0 Å². The predicted octanol–water partition coefficient (Wildman–Crippen LogP) is 3.38. The fourth-order valence-electron chi connectivity index (χ4n) is 3.14. The second-order valence-electron chi connectivity index (χ2n) is 5.96. The lowest BCUT2D eigenvalue weighted by Crippen LogP contribution is -2.35. The first-order valence-corrected chi connectivity index (χ1v) is 7.73. The van der Waals surface area contributed by atoms with Crippen molar-refractivity contribution < 1.29 is 9.53 Å². The Morgan fingerprint density at radius 2 is 2.00 bits per heavy atom. The van der Waals surface area contributed by atoms with E-state index in [0.29, 0.717) is 6.42 Å². The number of fused-ring (bicyclic) bond motifs is 2. The van der Waals surface area contributed by atoms with Crippen LogP contribution in [0.5, 0.6) is 0 Å². The zero-order chi connectivity index (χ0) is 13.3. The molecular weight excluding hydrogens is 240 g/mol. The third kappa shape index (κ3) is 2.38. The van der Waals surface area contributed by atoms with Crippen LogP contribution >= 0.6 is 0 Å². The first-order valence-electron chi connectivity index (χ1n) is 7.73. The zero-order valence-electron chi connectivity index (χ0n) is 11.8. The van der Waals surface area contributed by atoms with Crippen molar-refractivity contribution in [3.05, 3.63) is 11.4 Å². The number of Topliss-reactive ketones (excluding diaryl/α,β-unsaturated/α-hetero) is 1. The highest BCUT2D eigenvalue weighted by Gasteiger charge is 2.54. The highest BCUT2D eigenvalue weighted by Crippen LogP contribution is 2.48. The maximum absolute atomic E-state index is 11.8. The second kappa shape index (κ2) is 5.16. The Kier molecular flexibility index (Phi) is 3.52. The number of aryl methyl sites for hydroxylation is 1. The molecule has 106 valence electrons. The van der Waals surface area contributed by atoms with Gasteiger partial charge in [0, 0.05) is 13.0 Å². The topological polar surface area (TPSA) is 50.3 Å². The normalized spacial score (nSPS) is 25.0. The fraction of sp³-hybridized carbons (Fsp3) is 0.800. The Labute approximate surface area is 114 Å². The van der Waals surface area contributed by atoms with E-state index in [1.807, 2.05) is 0 Å². The van der Waals surface area contributed by atoms with E-state index in [1.54, 1.807) is 0 Å². The van der Waals surface area contributed by atoms with E-state index >= 15 is 0 Å². The van der Waals surface area contributed by atoms with Gasteiger partial charge in [-0.1, -0.05) is 39.0 Å². The minimum Gasteiger partial charge on any atom is -0.363 e. The van der Waals surface area contributed by atoms with Gasteiger partial charge in [0.2, 0.25) is 0 Å². The Balaban J connectivity index is 1.51. The number of hydrogen-bond acceptors (Lipinski definition) is 2. The van der Waals surface area contributed by atoms with Gasteiger partial charge in [-0.05, 0) is 12.8 Å². The summed E-state index contributed by atoms with van der Waals surface area (Å²) in [4.78, 5) is 11.8. The lowest BCUT2D eigenvalue weighted by molar-refractivity contribution is 0.0915. The summed E-state index contributed by atoms with van der Waals surface area (Å²) in [5.41, 5.74) is 1.89. The molecule has 1 unspecified atom stereocenters. The molecule has 1 saturated heterocycles. The number of hydrogen-bond donors (Lipinski definition) is 1. The predicted molar refractivity (Wildman–Crippen MR) is 73.4 cm³/mol. The second-order valence-corrected chi connectivity index (χ2v) is 5.96. The van der Waals surface area contributed by atoms with Crippen LogP contribution in [0.25, 0.3) is 0 Å². The van der Waals surface area contributed by atoms with Gasteiger partial charge < -0.3 is 4.74 Å². The van der Waals surface area contributed by atoms with Crippen molar-refractivity contribution in [2.45, 2.75) is 70.4 Å². The van der Waals surface area contributed by atoms with E-state index in [-0.39, 0.29) is 11.4 Å². The number of epoxide rings is 1. The Hall–Kier alpha value is -1.03. The molecule has 4 nitrogen and oxygen atoms in total. The summed E-state index contributed by atoms with van der Waals surface area (Å²) in [5, 5.41) is 3.21. The van der Waals surface area contributed by atoms with Gasteiger partial charge in [0.1, 0.15) is 11.3 Å². The molecule has 1 aromatic rings. The summed E-state index contributed by atoms with van der Waals surface area (Å²) in [5.74, 6) is 0.260. The molecule has 1 aromatic heterocycles. The first kappa shape index (κ1) is 13.0. The van der Waals surface area contributed by atoms with Crippen LogP contribution in [0.1, 0.15) is 74.5 Å². The van der Waals surface area contributed by atoms with E-state index in [4.69, 9.17) is 4.74 Å². The summed E-state index contributed by atoms with van der Waals surface area (Å²) in [6.07, 6.45) is 9.31. The fourth-order valence-corrected chi connectivity index (χ4v) is 3.14. The van der Waals surface area contributed by atoms with Crippen molar-refractivity contribution in [1.82, 2.24) is 9.78 Å². The molecule has 0 aromatic carbocycles. The largest absolute Gasteiger partial charge is 0.363 e. The SMILES string of the molecule is CCCCCCCCn1[nH]c2c1C1(CCC2=O)CO1. The van der Waals surface area contributed by atoms with Crippen molar-refractivity contribution in [1.29, 1.82) is 0 Å². The van der Waals surface area contributed by atoms with Crippen molar-refractivity contribution in [2.75, 3.05) is 6.61 Å². The minimum atomic E-state index is -0.0866. The number of unbranched alkanes of at least 4 members (excludes halogenated alkanes) is 5. The van der Waals surface area contributed by atoms with Gasteiger partial charge in [0.05, 0.1) is 12.3 Å². The monoisotopic (exact) mass is 264 g/mol. The Morgan fingerprint density at radius 1 is 1.26 bits per heavy atom. The van der Waals surface area contributed by atoms with Crippen LogP contribution in [0, 0.1) is 0 Å². The van der Waals surface area contributed by atoms with Gasteiger partial charge in [0.25, 0.3) is 0 Å². The van der Waals surface area contributed by atoms with Crippen LogP contribution in [0.3, 0.4) is 0 Å². The number of nitrogens with zero attached hydrogens (tertiary/aromatic N) is 1. The molecule has 1 spiro atoms. The number of aromatic nitrogens is 2. The number of nitrogens with one attached hydrogen (secondary N) is 1. The average molecular weight is 264 g/mol. The van der Waals surface area contributed by atoms with Gasteiger partial charge in [-0.15, -0.1) is 0 Å². The highest BCUT2D eigenvalue weighted by atomic mass is 16.6. The lowest BCUT2D eigenvalue weighted by atomic mass is 9.88. The van der Waals surface area contributed by atoms with Gasteiger partial charge in [-0.3, -0.25) is 14.6 Å². The number of rotatable bonds is 7. The van der Waals surface area contributed by atoms with Gasteiger partial charge >= 0.3 is 0 Å². The molecule has 0 bridgehead atoms. The molecule has 0 amide bonds. The third-order valence-corrected chi connectivity index (χ3v) is 4.45. The number of ketones is 1. The number of ether oxygens (including phenoxy) is 1. The Bertz CT molecular complexity index is 454. The lowest BCUT2D eigenvalue weighted by Gasteiger charge is -2.30. The zero-order valence-corrected chi connectivity index (χ0v) is 11.8. The number of aromatic amines is 1. The summed E-state index contributed by atoms with van der Waals surface area (Å²) < 4.78 is 7.77. The molecule has 0 radical (unpaired) electrons. The summed E-state index contributed by atoms with van der Waals surface area (Å²) in [7, 11) is 0. The molecular formula is C15H24N2O2. The molecule has 3 rings (SSSR count). The molecule has 2 aliphatic rings. The molecule has 1 aliphatic carbocycles. The van der Waals surface area contributed by atoms with Gasteiger partial charge in [0.15, 0.2) is 5.78 Å². The summed E-state index contributed by atoms with van der Waals surface area (Å²) in [6.45, 7) is 4.05. The average Bonchev–Trinajstić information content (AvgIpc) is 3.12. The standard InChI is InChI=1S/C15H24N2O2/c1-2-3-4-5-6-7-10-17-14-13(16-17)12(18)8-9-15(14)11-19-15/h16H,2-11H2,1H3. The molecule has 2 heterocycles. The molecule has 4 heteroatoms. The maximum atomic E-state index is 11.8. The third-order valence-electron chi connectivity index (χ3n) is 4.45. The van der Waals surface area contributed by atoms with Crippen molar-refractivity contribution in [2.24, 2.45) is 0 Å². The molecule has 1 aliphatic heterocycles. The van der Waals surface area contributed by atoms with E-state index in [2.05, 4.69) is 16.7 Å². The minimum absolute atomic E-state index is 0.0866. The quantitative estimate of drug-likeness (QED) is 0.606. The van der Waals surface area contributed by atoms with E-state index in [1.165, 1.54) is 38.5 Å². The maximum Gasteiger partial charge on any atom is 0.182 e. The van der Waals surface area contributed by atoms with Crippen LogP contribution in [0.15, 0.2) is 0 Å². The summed E-state index contributed by atoms with van der Waals surface area (Å²) in [6, 6.07) is 0. The van der Waals surface area contributed by atoms with Crippen LogP contribution in [-0.2, 0) is 16.9 Å². The van der Waals surface area contributed by atoms with E-state index in [0.717, 1.165) is 31.0 Å². The number of carbonyl (C=O) groups is 1. The van der Waals surface area contributed by atoms with Crippen LogP contribution < -0.4 is 0 Å². The first-order chi connectivity index (χ1) is 9.27. The van der Waals surface area contributed by atoms with Crippen molar-refractivity contribution >= 4 is 5.78 Å². The molecule has 1 N–H and O–H groups in total. The van der Waals surface area contributed by atoms with Crippen molar-refractivity contribution in [3.63, 3.8) is 0 Å². The summed E-state index contributed by atoms with van der Waals surface area (Å²) >= 11 is 0. The van der Waals surface area contributed by atoms with Crippen LogP contribution in [-0.4, -0.2) is 22.2 Å². The van der Waals surface area contributed by atoms with Crippen LogP contribution in [0.2, 0.25) is 0 Å².